The van der Waals surface area contributed by atoms with Gasteiger partial charge in [-0.05, 0) is 76.8 Å². The standard InChI is InChI=1S/C40H45N3O10Si/c1-21(44)41-24-11-9-22(10-12-24)18-43-33(45)17-28(38(43)46)42-36-26-16-30-29(51-20-52-30)15-25(26)34(35-27(36)19-50-39(35)47)23-13-31(48-5)37(32(14-23)49-6)53-54(7,8)40(2,3)4/h9-17,27,34-36,42H,18-20H2,1-8H3,(H,41,44)/t27-,34+,35-,36+/m0/s1. The molecule has 3 aliphatic heterocycles. The van der Waals surface area contributed by atoms with E-state index in [2.05, 4.69) is 44.5 Å². The highest BCUT2D eigenvalue weighted by Crippen LogP contribution is 2.56. The second-order valence-corrected chi connectivity index (χ2v) is 20.3. The number of rotatable bonds is 10. The van der Waals surface area contributed by atoms with E-state index in [-0.39, 0.29) is 42.6 Å². The lowest BCUT2D eigenvalue weighted by Crippen LogP contribution is -2.44. The van der Waals surface area contributed by atoms with Crippen LogP contribution in [0.3, 0.4) is 0 Å². The average molecular weight is 756 g/mol. The predicted octanol–water partition coefficient (Wildman–Crippen LogP) is 5.79. The molecule has 13 nitrogen and oxygen atoms in total. The SMILES string of the molecule is COc1cc([C@@H]2c3cc4c(cc3[C@@H](NC3=CC(=O)N(Cc5ccc(NC(C)=O)cc5)C3=O)[C@H]3COC(=O)[C@H]23)OCO4)cc(OC)c1O[Si](C)(C)C(C)(C)C. The molecule has 3 amide bonds. The van der Waals surface area contributed by atoms with Crippen LogP contribution >= 0.6 is 0 Å². The third-order valence-corrected chi connectivity index (χ3v) is 15.5. The summed E-state index contributed by atoms with van der Waals surface area (Å²) in [6.07, 6.45) is 1.29. The molecule has 1 saturated heterocycles. The van der Waals surface area contributed by atoms with E-state index in [0.717, 1.165) is 21.6 Å². The Kier molecular flexibility index (Phi) is 9.36. The van der Waals surface area contributed by atoms with Crippen LogP contribution in [-0.2, 0) is 30.5 Å². The number of carbonyl (C=O) groups excluding carboxylic acids is 4. The largest absolute Gasteiger partial charge is 0.539 e. The van der Waals surface area contributed by atoms with Crippen molar-refractivity contribution >= 4 is 37.7 Å². The molecular weight excluding hydrogens is 711 g/mol. The number of cyclic esters (lactones) is 1. The number of methoxy groups -OCH3 is 2. The minimum absolute atomic E-state index is 0.0359. The van der Waals surface area contributed by atoms with Gasteiger partial charge in [-0.1, -0.05) is 32.9 Å². The zero-order valence-electron chi connectivity index (χ0n) is 31.7. The summed E-state index contributed by atoms with van der Waals surface area (Å²) in [5.41, 5.74) is 3.72. The Morgan fingerprint density at radius 3 is 2.15 bits per heavy atom. The smallest absolute Gasteiger partial charge is 0.310 e. The van der Waals surface area contributed by atoms with Crippen molar-refractivity contribution < 1.29 is 47.3 Å². The van der Waals surface area contributed by atoms with Gasteiger partial charge in [-0.3, -0.25) is 24.1 Å². The van der Waals surface area contributed by atoms with Crippen LogP contribution in [0.25, 0.3) is 0 Å². The summed E-state index contributed by atoms with van der Waals surface area (Å²) in [5.74, 6) is -0.668. The molecular formula is C40H45N3O10Si. The molecule has 284 valence electrons. The molecule has 4 aliphatic rings. The summed E-state index contributed by atoms with van der Waals surface area (Å²) in [5, 5.41) is 5.97. The minimum atomic E-state index is -2.32. The maximum Gasteiger partial charge on any atom is 0.310 e. The van der Waals surface area contributed by atoms with Crippen molar-refractivity contribution in [3.8, 4) is 28.7 Å². The number of nitrogens with zero attached hydrogens (tertiary/aromatic N) is 1. The fourth-order valence-electron chi connectivity index (χ4n) is 7.34. The third kappa shape index (κ3) is 6.52. The summed E-state index contributed by atoms with van der Waals surface area (Å²) in [7, 11) is 0.836. The van der Waals surface area contributed by atoms with Crippen molar-refractivity contribution in [2.45, 2.75) is 64.3 Å². The quantitative estimate of drug-likeness (QED) is 0.147. The molecule has 7 rings (SSSR count). The van der Waals surface area contributed by atoms with E-state index in [1.165, 1.54) is 13.0 Å². The van der Waals surface area contributed by atoms with Gasteiger partial charge in [0.25, 0.3) is 20.1 Å². The first-order valence-corrected chi connectivity index (χ1v) is 20.8. The number of nitrogens with one attached hydrogen (secondary N) is 2. The number of amides is 3. The molecule has 2 N–H and O–H groups in total. The molecule has 0 radical (unpaired) electrons. The summed E-state index contributed by atoms with van der Waals surface area (Å²) in [6, 6.07) is 13.9. The van der Waals surface area contributed by atoms with Gasteiger partial charge in [0.2, 0.25) is 12.7 Å². The lowest BCUT2D eigenvalue weighted by atomic mass is 9.65. The van der Waals surface area contributed by atoms with Crippen LogP contribution < -0.4 is 34.0 Å². The van der Waals surface area contributed by atoms with Gasteiger partial charge in [0.1, 0.15) is 5.70 Å². The van der Waals surface area contributed by atoms with Crippen LogP contribution in [0.2, 0.25) is 18.1 Å². The normalized spacial score (nSPS) is 21.6. The summed E-state index contributed by atoms with van der Waals surface area (Å²) >= 11 is 0. The van der Waals surface area contributed by atoms with Crippen LogP contribution in [0, 0.1) is 11.8 Å². The first-order chi connectivity index (χ1) is 25.6. The van der Waals surface area contributed by atoms with Crippen LogP contribution in [-0.4, -0.2) is 64.5 Å². The van der Waals surface area contributed by atoms with E-state index in [0.29, 0.717) is 40.0 Å². The van der Waals surface area contributed by atoms with E-state index in [1.807, 2.05) is 24.3 Å². The molecule has 3 heterocycles. The monoisotopic (exact) mass is 755 g/mol. The summed E-state index contributed by atoms with van der Waals surface area (Å²) in [4.78, 5) is 53.4. The fourth-order valence-corrected chi connectivity index (χ4v) is 8.36. The molecule has 1 aliphatic carbocycles. The highest BCUT2D eigenvalue weighted by atomic mass is 28.4. The van der Waals surface area contributed by atoms with Gasteiger partial charge in [0.15, 0.2) is 28.7 Å². The fraction of sp³-hybridized carbons (Fsp3) is 0.400. The number of imide groups is 1. The highest BCUT2D eigenvalue weighted by Gasteiger charge is 2.53. The molecule has 0 saturated carbocycles. The maximum absolute atomic E-state index is 13.8. The zero-order chi connectivity index (χ0) is 38.7. The highest BCUT2D eigenvalue weighted by molar-refractivity contribution is 6.74. The van der Waals surface area contributed by atoms with Crippen molar-refractivity contribution in [1.29, 1.82) is 0 Å². The first-order valence-electron chi connectivity index (χ1n) is 17.9. The second kappa shape index (κ2) is 13.7. The van der Waals surface area contributed by atoms with Crippen LogP contribution in [0.15, 0.2) is 60.3 Å². The third-order valence-electron chi connectivity index (χ3n) is 11.1. The van der Waals surface area contributed by atoms with Gasteiger partial charge in [-0.25, -0.2) is 0 Å². The molecule has 54 heavy (non-hydrogen) atoms. The lowest BCUT2D eigenvalue weighted by molar-refractivity contribution is -0.142. The van der Waals surface area contributed by atoms with E-state index < -0.39 is 43.9 Å². The topological polar surface area (TPSA) is 151 Å². The van der Waals surface area contributed by atoms with E-state index >= 15 is 0 Å². The van der Waals surface area contributed by atoms with Crippen molar-refractivity contribution in [2.24, 2.45) is 11.8 Å². The lowest BCUT2D eigenvalue weighted by Gasteiger charge is -2.40. The van der Waals surface area contributed by atoms with E-state index in [9.17, 15) is 19.2 Å². The van der Waals surface area contributed by atoms with E-state index in [4.69, 9.17) is 28.1 Å². The number of ether oxygens (including phenoxy) is 5. The first kappa shape index (κ1) is 36.8. The Hall–Kier alpha value is -5.50. The Morgan fingerprint density at radius 1 is 0.926 bits per heavy atom. The molecule has 14 heteroatoms. The molecule has 0 unspecified atom stereocenters. The number of fused-ring (bicyclic) bond motifs is 3. The Balaban J connectivity index is 1.25. The molecule has 4 atom stereocenters. The molecule has 1 fully saturated rings. The van der Waals surface area contributed by atoms with Gasteiger partial charge in [-0.15, -0.1) is 0 Å². The summed E-state index contributed by atoms with van der Waals surface area (Å²) < 4.78 is 36.0. The molecule has 0 bridgehead atoms. The number of hydrogen-bond donors (Lipinski definition) is 2. The Morgan fingerprint density at radius 2 is 1.56 bits per heavy atom. The maximum atomic E-state index is 13.8. The number of anilines is 1. The van der Waals surface area contributed by atoms with E-state index in [1.54, 1.807) is 38.5 Å². The van der Waals surface area contributed by atoms with Crippen LogP contribution in [0.1, 0.15) is 61.9 Å². The number of esters is 1. The minimum Gasteiger partial charge on any atom is -0.539 e. The van der Waals surface area contributed by atoms with Gasteiger partial charge in [0.05, 0.1) is 39.3 Å². The van der Waals surface area contributed by atoms with Gasteiger partial charge in [0, 0.05) is 30.5 Å². The second-order valence-electron chi connectivity index (χ2n) is 15.5. The van der Waals surface area contributed by atoms with Gasteiger partial charge >= 0.3 is 5.97 Å². The molecule has 3 aromatic carbocycles. The Bertz CT molecular complexity index is 2050. The Labute approximate surface area is 315 Å². The summed E-state index contributed by atoms with van der Waals surface area (Å²) in [6.45, 7) is 12.3. The number of benzene rings is 3. The molecule has 3 aromatic rings. The van der Waals surface area contributed by atoms with Crippen molar-refractivity contribution in [1.82, 2.24) is 10.2 Å². The molecule has 0 aromatic heterocycles. The molecule has 0 spiro atoms. The number of carbonyl (C=O) groups is 4. The van der Waals surface area contributed by atoms with Gasteiger partial charge in [-0.2, -0.15) is 0 Å². The predicted molar refractivity (Wildman–Crippen MR) is 200 cm³/mol. The van der Waals surface area contributed by atoms with Crippen molar-refractivity contribution in [2.75, 3.05) is 32.9 Å². The zero-order valence-corrected chi connectivity index (χ0v) is 32.7. The van der Waals surface area contributed by atoms with Gasteiger partial charge < -0.3 is 38.7 Å². The van der Waals surface area contributed by atoms with Crippen LogP contribution in [0.5, 0.6) is 28.7 Å². The number of hydrogen-bond acceptors (Lipinski definition) is 11. The van der Waals surface area contributed by atoms with Crippen molar-refractivity contribution in [3.05, 3.63) is 82.6 Å². The van der Waals surface area contributed by atoms with Crippen molar-refractivity contribution in [3.63, 3.8) is 0 Å². The van der Waals surface area contributed by atoms with Crippen LogP contribution in [0.4, 0.5) is 5.69 Å². The average Bonchev–Trinajstić information content (AvgIpc) is 3.81.